The molecule has 0 radical (unpaired) electrons. The zero-order valence-electron chi connectivity index (χ0n) is 16.0. The molecule has 6 nitrogen and oxygen atoms in total. The monoisotopic (exact) mass is 428 g/mol. The minimum absolute atomic E-state index is 0.135. The topological polar surface area (TPSA) is 60.2 Å². The molecule has 0 unspecified atom stereocenters. The van der Waals surface area contributed by atoms with Gasteiger partial charge in [-0.1, -0.05) is 53.7 Å². The average Bonchev–Trinajstić information content (AvgIpc) is 3.43. The first-order valence-corrected chi connectivity index (χ1v) is 10.8. The fraction of sp³-hybridized carbons (Fsp3) is 0.286. The van der Waals surface area contributed by atoms with Crippen LogP contribution in [0.25, 0.3) is 17.1 Å². The lowest BCUT2D eigenvalue weighted by molar-refractivity contribution is -0.127. The number of halogens is 1. The molecule has 0 aliphatic carbocycles. The van der Waals surface area contributed by atoms with Gasteiger partial charge in [0.2, 0.25) is 5.91 Å². The third kappa shape index (κ3) is 4.26. The smallest absolute Gasteiger partial charge is 0.233 e. The summed E-state index contributed by atoms with van der Waals surface area (Å²) in [5, 5.41) is 9.93. The second-order valence-corrected chi connectivity index (χ2v) is 8.05. The van der Waals surface area contributed by atoms with Gasteiger partial charge in [-0.25, -0.2) is 0 Å². The van der Waals surface area contributed by atoms with Crippen LogP contribution in [0, 0.1) is 0 Å². The molecule has 1 fully saturated rings. The summed E-state index contributed by atoms with van der Waals surface area (Å²) >= 11 is 7.76. The van der Waals surface area contributed by atoms with Crippen LogP contribution in [-0.2, 0) is 4.79 Å². The van der Waals surface area contributed by atoms with Crippen molar-refractivity contribution in [3.8, 4) is 22.8 Å². The fourth-order valence-corrected chi connectivity index (χ4v) is 4.46. The van der Waals surface area contributed by atoms with Gasteiger partial charge < -0.3 is 9.64 Å². The van der Waals surface area contributed by atoms with Crippen molar-refractivity contribution in [2.45, 2.75) is 18.0 Å². The first kappa shape index (κ1) is 19.8. The van der Waals surface area contributed by atoms with E-state index in [0.29, 0.717) is 27.5 Å². The van der Waals surface area contributed by atoms with Crippen molar-refractivity contribution in [2.75, 3.05) is 26.0 Å². The number of benzene rings is 2. The zero-order valence-corrected chi connectivity index (χ0v) is 17.6. The Kier molecular flexibility index (Phi) is 6.06. The number of likely N-dealkylation sites (tertiary alicyclic amines) is 1. The summed E-state index contributed by atoms with van der Waals surface area (Å²) < 4.78 is 7.20. The van der Waals surface area contributed by atoms with Crippen LogP contribution in [0.4, 0.5) is 0 Å². The second-order valence-electron chi connectivity index (χ2n) is 6.70. The minimum Gasteiger partial charge on any atom is -0.495 e. The first-order chi connectivity index (χ1) is 14.2. The lowest BCUT2D eigenvalue weighted by Gasteiger charge is -2.15. The molecular formula is C21H21ClN4O2S. The highest BCUT2D eigenvalue weighted by atomic mass is 35.5. The fourth-order valence-electron chi connectivity index (χ4n) is 3.35. The molecule has 1 amide bonds. The molecular weight excluding hydrogens is 408 g/mol. The molecule has 29 heavy (non-hydrogen) atoms. The van der Waals surface area contributed by atoms with E-state index in [2.05, 4.69) is 10.2 Å². The molecule has 1 aliphatic heterocycles. The second kappa shape index (κ2) is 8.88. The number of carbonyl (C=O) groups excluding carboxylic acids is 1. The maximum Gasteiger partial charge on any atom is 0.233 e. The summed E-state index contributed by atoms with van der Waals surface area (Å²) in [6, 6.07) is 15.4. The molecule has 4 rings (SSSR count). The van der Waals surface area contributed by atoms with Gasteiger partial charge in [0.05, 0.1) is 23.6 Å². The molecule has 1 aliphatic rings. The standard InChI is InChI=1S/C21H21ClN4O2S/c1-28-18-10-9-16(13-17(18)22)26-20(15-7-3-2-4-8-15)23-24-21(26)29-14-19(27)25-11-5-6-12-25/h2-4,7-10,13H,5-6,11-12,14H2,1H3. The molecule has 150 valence electrons. The molecule has 2 heterocycles. The van der Waals surface area contributed by atoms with Crippen molar-refractivity contribution in [1.29, 1.82) is 0 Å². The van der Waals surface area contributed by atoms with E-state index in [9.17, 15) is 4.79 Å². The van der Waals surface area contributed by atoms with Gasteiger partial charge >= 0.3 is 0 Å². The summed E-state index contributed by atoms with van der Waals surface area (Å²) in [4.78, 5) is 14.4. The number of nitrogens with zero attached hydrogens (tertiary/aromatic N) is 4. The highest BCUT2D eigenvalue weighted by Crippen LogP contribution is 2.32. The largest absolute Gasteiger partial charge is 0.495 e. The number of methoxy groups -OCH3 is 1. The van der Waals surface area contributed by atoms with Crippen LogP contribution in [0.1, 0.15) is 12.8 Å². The van der Waals surface area contributed by atoms with Crippen molar-refractivity contribution in [2.24, 2.45) is 0 Å². The quantitative estimate of drug-likeness (QED) is 0.547. The van der Waals surface area contributed by atoms with Crippen molar-refractivity contribution in [3.05, 3.63) is 53.6 Å². The number of rotatable bonds is 6. The van der Waals surface area contributed by atoms with Crippen molar-refractivity contribution in [3.63, 3.8) is 0 Å². The van der Waals surface area contributed by atoms with Crippen LogP contribution in [-0.4, -0.2) is 51.5 Å². The first-order valence-electron chi connectivity index (χ1n) is 9.42. The van der Waals surface area contributed by atoms with E-state index >= 15 is 0 Å². The number of carbonyl (C=O) groups is 1. The van der Waals surface area contributed by atoms with E-state index in [1.165, 1.54) is 11.8 Å². The Hall–Kier alpha value is -2.51. The van der Waals surface area contributed by atoms with Crippen LogP contribution < -0.4 is 4.74 Å². The van der Waals surface area contributed by atoms with E-state index in [4.69, 9.17) is 16.3 Å². The van der Waals surface area contributed by atoms with E-state index in [-0.39, 0.29) is 5.91 Å². The van der Waals surface area contributed by atoms with Crippen molar-refractivity contribution in [1.82, 2.24) is 19.7 Å². The lowest BCUT2D eigenvalue weighted by Crippen LogP contribution is -2.29. The predicted molar refractivity (Wildman–Crippen MR) is 115 cm³/mol. The molecule has 3 aromatic rings. The van der Waals surface area contributed by atoms with Gasteiger partial charge in [0.15, 0.2) is 11.0 Å². The van der Waals surface area contributed by atoms with Gasteiger partial charge in [0, 0.05) is 18.7 Å². The van der Waals surface area contributed by atoms with E-state index in [0.717, 1.165) is 37.2 Å². The van der Waals surface area contributed by atoms with Crippen molar-refractivity contribution < 1.29 is 9.53 Å². The molecule has 0 atom stereocenters. The summed E-state index contributed by atoms with van der Waals surface area (Å²) in [6.45, 7) is 1.69. The number of hydrogen-bond donors (Lipinski definition) is 0. The Balaban J connectivity index is 1.69. The SMILES string of the molecule is COc1ccc(-n2c(SCC(=O)N3CCCC3)nnc2-c2ccccc2)cc1Cl. The Morgan fingerprint density at radius 1 is 1.14 bits per heavy atom. The molecule has 0 spiro atoms. The summed E-state index contributed by atoms with van der Waals surface area (Å²) in [7, 11) is 1.58. The normalized spacial score (nSPS) is 13.7. The number of ether oxygens (including phenoxy) is 1. The van der Waals surface area contributed by atoms with Gasteiger partial charge in [-0.15, -0.1) is 10.2 Å². The van der Waals surface area contributed by atoms with Crippen LogP contribution in [0.2, 0.25) is 5.02 Å². The number of hydrogen-bond acceptors (Lipinski definition) is 5. The minimum atomic E-state index is 0.135. The average molecular weight is 429 g/mol. The van der Waals surface area contributed by atoms with Crippen LogP contribution in [0.15, 0.2) is 53.7 Å². The highest BCUT2D eigenvalue weighted by molar-refractivity contribution is 7.99. The van der Waals surface area contributed by atoms with Crippen LogP contribution >= 0.6 is 23.4 Å². The van der Waals surface area contributed by atoms with E-state index in [1.807, 2.05) is 58.0 Å². The Morgan fingerprint density at radius 2 is 1.90 bits per heavy atom. The third-order valence-electron chi connectivity index (χ3n) is 4.84. The molecule has 1 aromatic heterocycles. The van der Waals surface area contributed by atoms with E-state index < -0.39 is 0 Å². The number of thioether (sulfide) groups is 1. The van der Waals surface area contributed by atoms with Gasteiger partial charge in [-0.05, 0) is 31.0 Å². The van der Waals surface area contributed by atoms with E-state index in [1.54, 1.807) is 7.11 Å². The lowest BCUT2D eigenvalue weighted by atomic mass is 10.2. The molecule has 0 saturated carbocycles. The number of aromatic nitrogens is 3. The van der Waals surface area contributed by atoms with Gasteiger partial charge in [-0.2, -0.15) is 0 Å². The van der Waals surface area contributed by atoms with Gasteiger partial charge in [0.1, 0.15) is 5.75 Å². The van der Waals surface area contributed by atoms with Gasteiger partial charge in [0.25, 0.3) is 0 Å². The molecule has 2 aromatic carbocycles. The molecule has 0 N–H and O–H groups in total. The highest BCUT2D eigenvalue weighted by Gasteiger charge is 2.21. The molecule has 8 heteroatoms. The summed E-state index contributed by atoms with van der Waals surface area (Å²) in [5.41, 5.74) is 1.75. The predicted octanol–water partition coefficient (Wildman–Crippen LogP) is 4.31. The van der Waals surface area contributed by atoms with Crippen molar-refractivity contribution >= 4 is 29.3 Å². The third-order valence-corrected chi connectivity index (χ3v) is 6.05. The number of amides is 1. The van der Waals surface area contributed by atoms with Gasteiger partial charge in [-0.3, -0.25) is 9.36 Å². The molecule has 1 saturated heterocycles. The maximum atomic E-state index is 12.5. The Labute approximate surface area is 178 Å². The molecule has 0 bridgehead atoms. The van der Waals surface area contributed by atoms with Crippen LogP contribution in [0.3, 0.4) is 0 Å². The maximum absolute atomic E-state index is 12.5. The zero-order chi connectivity index (χ0) is 20.2. The van der Waals surface area contributed by atoms with Crippen LogP contribution in [0.5, 0.6) is 5.75 Å². The Bertz CT molecular complexity index is 1000. The Morgan fingerprint density at radius 3 is 2.59 bits per heavy atom. The summed E-state index contributed by atoms with van der Waals surface area (Å²) in [6.07, 6.45) is 2.16. The summed E-state index contributed by atoms with van der Waals surface area (Å²) in [5.74, 6) is 1.76.